The highest BCUT2D eigenvalue weighted by Gasteiger charge is 2.19. The van der Waals surface area contributed by atoms with Crippen LogP contribution in [-0.4, -0.2) is 29.0 Å². The Balaban J connectivity index is 3.43. The number of ketones is 1. The van der Waals surface area contributed by atoms with Crippen molar-refractivity contribution in [3.05, 3.63) is 23.4 Å². The summed E-state index contributed by atoms with van der Waals surface area (Å²) in [6.45, 7) is 1.29. The number of aromatic carboxylic acids is 1. The molecule has 0 saturated heterocycles. The number of methoxy groups -OCH3 is 1. The Hall–Kier alpha value is -1.91. The van der Waals surface area contributed by atoms with Gasteiger partial charge in [-0.1, -0.05) is 0 Å². The fourth-order valence-corrected chi connectivity index (χ4v) is 1.10. The van der Waals surface area contributed by atoms with E-state index in [0.717, 1.165) is 0 Å². The van der Waals surface area contributed by atoms with Crippen molar-refractivity contribution in [3.8, 4) is 5.88 Å². The van der Waals surface area contributed by atoms with Gasteiger partial charge in [0.1, 0.15) is 5.56 Å². The maximum atomic E-state index is 11.1. The number of hydrogen-bond donors (Lipinski definition) is 1. The van der Waals surface area contributed by atoms with E-state index in [-0.39, 0.29) is 22.8 Å². The van der Waals surface area contributed by atoms with Crippen LogP contribution in [0.1, 0.15) is 27.6 Å². The quantitative estimate of drug-likeness (QED) is 0.728. The van der Waals surface area contributed by atoms with Gasteiger partial charge < -0.3 is 9.84 Å². The molecule has 5 heteroatoms. The molecule has 0 radical (unpaired) electrons. The van der Waals surface area contributed by atoms with Gasteiger partial charge in [0, 0.05) is 11.8 Å². The second-order valence-corrected chi connectivity index (χ2v) is 2.60. The number of carbonyl (C=O) groups excluding carboxylic acids is 1. The molecule has 0 amide bonds. The van der Waals surface area contributed by atoms with E-state index in [9.17, 15) is 9.59 Å². The Kier molecular flexibility index (Phi) is 2.81. The lowest BCUT2D eigenvalue weighted by atomic mass is 10.1. The van der Waals surface area contributed by atoms with Crippen LogP contribution in [0.15, 0.2) is 12.3 Å². The average molecular weight is 195 g/mol. The molecular formula is C9H9NO4. The molecule has 1 N–H and O–H groups in total. The van der Waals surface area contributed by atoms with Crippen molar-refractivity contribution in [1.82, 2.24) is 4.98 Å². The normalized spacial score (nSPS) is 9.57. The van der Waals surface area contributed by atoms with E-state index in [1.165, 1.54) is 26.3 Å². The van der Waals surface area contributed by atoms with Gasteiger partial charge >= 0.3 is 5.97 Å². The number of carboxylic acid groups (broad SMARTS) is 1. The summed E-state index contributed by atoms with van der Waals surface area (Å²) >= 11 is 0. The van der Waals surface area contributed by atoms with Gasteiger partial charge in [-0.25, -0.2) is 9.78 Å². The molecule has 0 aliphatic rings. The first-order valence-electron chi connectivity index (χ1n) is 3.85. The second kappa shape index (κ2) is 3.87. The number of carbonyl (C=O) groups is 2. The lowest BCUT2D eigenvalue weighted by Crippen LogP contribution is -2.09. The topological polar surface area (TPSA) is 76.5 Å². The van der Waals surface area contributed by atoms with Crippen LogP contribution in [-0.2, 0) is 0 Å². The number of nitrogens with zero attached hydrogens (tertiary/aromatic N) is 1. The summed E-state index contributed by atoms with van der Waals surface area (Å²) in [5.41, 5.74) is -0.0909. The van der Waals surface area contributed by atoms with Crippen molar-refractivity contribution in [2.45, 2.75) is 6.92 Å². The Morgan fingerprint density at radius 2 is 2.14 bits per heavy atom. The van der Waals surface area contributed by atoms with Gasteiger partial charge in [-0.05, 0) is 13.0 Å². The smallest absolute Gasteiger partial charge is 0.341 e. The zero-order valence-corrected chi connectivity index (χ0v) is 7.77. The molecule has 0 unspecified atom stereocenters. The molecule has 14 heavy (non-hydrogen) atoms. The molecule has 0 bridgehead atoms. The maximum Gasteiger partial charge on any atom is 0.341 e. The molecular weight excluding hydrogens is 186 g/mol. The Morgan fingerprint density at radius 1 is 1.50 bits per heavy atom. The third-order valence-electron chi connectivity index (χ3n) is 1.70. The molecule has 1 heterocycles. The average Bonchev–Trinajstić information content (AvgIpc) is 2.16. The van der Waals surface area contributed by atoms with Crippen LogP contribution in [0.3, 0.4) is 0 Å². The third kappa shape index (κ3) is 1.71. The van der Waals surface area contributed by atoms with Crippen molar-refractivity contribution in [2.75, 3.05) is 7.11 Å². The number of pyridine rings is 1. The highest BCUT2D eigenvalue weighted by atomic mass is 16.5. The summed E-state index contributed by atoms with van der Waals surface area (Å²) in [5, 5.41) is 8.85. The predicted molar refractivity (Wildman–Crippen MR) is 47.8 cm³/mol. The van der Waals surface area contributed by atoms with E-state index in [1.54, 1.807) is 0 Å². The molecule has 0 spiro atoms. The summed E-state index contributed by atoms with van der Waals surface area (Å²) in [7, 11) is 1.30. The standard InChI is InChI=1S/C9H9NO4/c1-5(11)6-3-4-10-8(14-2)7(6)9(12)13/h3-4H,1-2H3,(H,12,13). The number of Topliss-reactive ketones (excluding diaryl/α,β-unsaturated/α-hetero) is 1. The summed E-state index contributed by atoms with van der Waals surface area (Å²) in [4.78, 5) is 25.6. The van der Waals surface area contributed by atoms with E-state index in [4.69, 9.17) is 9.84 Å². The van der Waals surface area contributed by atoms with Crippen molar-refractivity contribution in [2.24, 2.45) is 0 Å². The third-order valence-corrected chi connectivity index (χ3v) is 1.70. The Bertz CT molecular complexity index is 386. The molecule has 0 saturated carbocycles. The van der Waals surface area contributed by atoms with Crippen molar-refractivity contribution in [3.63, 3.8) is 0 Å². The van der Waals surface area contributed by atoms with Crippen molar-refractivity contribution in [1.29, 1.82) is 0 Å². The van der Waals surface area contributed by atoms with Gasteiger partial charge in [-0.15, -0.1) is 0 Å². The van der Waals surface area contributed by atoms with Crippen LogP contribution in [0.25, 0.3) is 0 Å². The minimum Gasteiger partial charge on any atom is -0.480 e. The predicted octanol–water partition coefficient (Wildman–Crippen LogP) is 0.991. The first-order valence-corrected chi connectivity index (χ1v) is 3.85. The number of rotatable bonds is 3. The van der Waals surface area contributed by atoms with Gasteiger partial charge in [0.25, 0.3) is 0 Å². The van der Waals surface area contributed by atoms with Crippen molar-refractivity contribution < 1.29 is 19.4 Å². The van der Waals surface area contributed by atoms with Gasteiger partial charge in [0.05, 0.1) is 7.11 Å². The van der Waals surface area contributed by atoms with E-state index < -0.39 is 5.97 Å². The van der Waals surface area contributed by atoms with Crippen LogP contribution in [0.2, 0.25) is 0 Å². The number of aromatic nitrogens is 1. The highest BCUT2D eigenvalue weighted by Crippen LogP contribution is 2.19. The number of carboxylic acids is 1. The van der Waals surface area contributed by atoms with E-state index >= 15 is 0 Å². The molecule has 1 aromatic rings. The van der Waals surface area contributed by atoms with Gasteiger partial charge in [-0.2, -0.15) is 0 Å². The molecule has 74 valence electrons. The van der Waals surface area contributed by atoms with E-state index in [1.807, 2.05) is 0 Å². The summed E-state index contributed by atoms with van der Waals surface area (Å²) < 4.78 is 4.75. The summed E-state index contributed by atoms with van der Waals surface area (Å²) in [5.74, 6) is -1.60. The summed E-state index contributed by atoms with van der Waals surface area (Å²) in [6, 6.07) is 1.36. The molecule has 0 aliphatic carbocycles. The molecule has 0 aliphatic heterocycles. The van der Waals surface area contributed by atoms with Crippen LogP contribution in [0.5, 0.6) is 5.88 Å². The SMILES string of the molecule is COc1nccc(C(C)=O)c1C(=O)O. The van der Waals surface area contributed by atoms with Crippen LogP contribution < -0.4 is 4.74 Å². The molecule has 0 atom stereocenters. The molecule has 1 aromatic heterocycles. The van der Waals surface area contributed by atoms with Crippen LogP contribution in [0, 0.1) is 0 Å². The number of ether oxygens (including phenoxy) is 1. The van der Waals surface area contributed by atoms with Crippen molar-refractivity contribution >= 4 is 11.8 Å². The van der Waals surface area contributed by atoms with Crippen LogP contribution >= 0.6 is 0 Å². The Morgan fingerprint density at radius 3 is 2.57 bits per heavy atom. The van der Waals surface area contributed by atoms with Gasteiger partial charge in [0.2, 0.25) is 5.88 Å². The molecule has 0 aromatic carbocycles. The zero-order chi connectivity index (χ0) is 10.7. The largest absolute Gasteiger partial charge is 0.480 e. The fourth-order valence-electron chi connectivity index (χ4n) is 1.10. The first kappa shape index (κ1) is 10.2. The zero-order valence-electron chi connectivity index (χ0n) is 7.77. The minimum atomic E-state index is -1.22. The monoisotopic (exact) mass is 195 g/mol. The van der Waals surface area contributed by atoms with Gasteiger partial charge in [0.15, 0.2) is 5.78 Å². The van der Waals surface area contributed by atoms with E-state index in [0.29, 0.717) is 0 Å². The number of hydrogen-bond acceptors (Lipinski definition) is 4. The maximum absolute atomic E-state index is 11.1. The molecule has 1 rings (SSSR count). The summed E-state index contributed by atoms with van der Waals surface area (Å²) in [6.07, 6.45) is 1.34. The van der Waals surface area contributed by atoms with Gasteiger partial charge in [-0.3, -0.25) is 4.79 Å². The highest BCUT2D eigenvalue weighted by molar-refractivity contribution is 6.05. The van der Waals surface area contributed by atoms with E-state index in [2.05, 4.69) is 4.98 Å². The lowest BCUT2D eigenvalue weighted by Gasteiger charge is -2.06. The molecule has 0 fully saturated rings. The first-order chi connectivity index (χ1) is 6.57. The lowest BCUT2D eigenvalue weighted by molar-refractivity contribution is 0.0687. The fraction of sp³-hybridized carbons (Fsp3) is 0.222. The molecule has 5 nitrogen and oxygen atoms in total. The second-order valence-electron chi connectivity index (χ2n) is 2.60. The van der Waals surface area contributed by atoms with Crippen LogP contribution in [0.4, 0.5) is 0 Å². The Labute approximate surface area is 80.3 Å². The minimum absolute atomic E-state index is 0.0507.